The lowest BCUT2D eigenvalue weighted by Crippen LogP contribution is -2.43. The van der Waals surface area contributed by atoms with E-state index >= 15 is 0 Å². The van der Waals surface area contributed by atoms with E-state index in [1.54, 1.807) is 4.90 Å². The molecule has 4 nitrogen and oxygen atoms in total. The molecule has 0 saturated carbocycles. The van der Waals surface area contributed by atoms with Gasteiger partial charge in [-0.25, -0.2) is 4.79 Å². The molecule has 104 valence electrons. The molecule has 1 aliphatic rings. The summed E-state index contributed by atoms with van der Waals surface area (Å²) in [5.41, 5.74) is 3.12. The van der Waals surface area contributed by atoms with Crippen molar-refractivity contribution in [1.29, 1.82) is 0 Å². The van der Waals surface area contributed by atoms with Crippen LogP contribution in [0.1, 0.15) is 24.0 Å². The topological polar surface area (TPSA) is 52.6 Å². The summed E-state index contributed by atoms with van der Waals surface area (Å²) in [4.78, 5) is 14.0. The van der Waals surface area contributed by atoms with Crippen LogP contribution in [0.25, 0.3) is 0 Å². The van der Waals surface area contributed by atoms with Gasteiger partial charge in [0.25, 0.3) is 0 Å². The van der Waals surface area contributed by atoms with Gasteiger partial charge in [-0.05, 0) is 44.2 Å². The van der Waals surface area contributed by atoms with Crippen molar-refractivity contribution in [3.05, 3.63) is 29.3 Å². The molecule has 1 unspecified atom stereocenters. The minimum Gasteiger partial charge on any atom is -0.396 e. The van der Waals surface area contributed by atoms with Crippen LogP contribution in [-0.2, 0) is 0 Å². The first-order valence-corrected chi connectivity index (χ1v) is 6.84. The highest BCUT2D eigenvalue weighted by Gasteiger charge is 2.23. The number of rotatable bonds is 2. The highest BCUT2D eigenvalue weighted by Crippen LogP contribution is 2.19. The number of nitrogens with one attached hydrogen (secondary N) is 1. The van der Waals surface area contributed by atoms with E-state index in [0.29, 0.717) is 6.54 Å². The molecule has 2 amide bonds. The summed E-state index contributed by atoms with van der Waals surface area (Å²) in [6.45, 7) is 5.61. The molecule has 1 saturated heterocycles. The van der Waals surface area contributed by atoms with Crippen LogP contribution in [0.2, 0.25) is 0 Å². The Kier molecular flexibility index (Phi) is 4.43. The molecule has 0 bridgehead atoms. The van der Waals surface area contributed by atoms with E-state index in [1.165, 1.54) is 5.56 Å². The Morgan fingerprint density at radius 2 is 2.26 bits per heavy atom. The van der Waals surface area contributed by atoms with Crippen LogP contribution in [0.3, 0.4) is 0 Å². The number of piperidine rings is 1. The summed E-state index contributed by atoms with van der Waals surface area (Å²) < 4.78 is 0. The molecule has 2 N–H and O–H groups in total. The Labute approximate surface area is 114 Å². The number of benzene rings is 1. The summed E-state index contributed by atoms with van der Waals surface area (Å²) in [7, 11) is 0. The number of anilines is 1. The number of amides is 2. The molecule has 4 heteroatoms. The van der Waals surface area contributed by atoms with Gasteiger partial charge in [0.15, 0.2) is 0 Å². The van der Waals surface area contributed by atoms with E-state index in [9.17, 15) is 9.90 Å². The van der Waals surface area contributed by atoms with Gasteiger partial charge in [-0.1, -0.05) is 17.7 Å². The summed E-state index contributed by atoms with van der Waals surface area (Å²) in [6.07, 6.45) is 1.97. The second-order valence-corrected chi connectivity index (χ2v) is 5.39. The van der Waals surface area contributed by atoms with Crippen molar-refractivity contribution < 1.29 is 9.90 Å². The van der Waals surface area contributed by atoms with E-state index in [0.717, 1.165) is 30.6 Å². The normalized spacial score (nSPS) is 19.3. The minimum atomic E-state index is -0.0647. The molecule has 1 aromatic rings. The zero-order chi connectivity index (χ0) is 13.8. The van der Waals surface area contributed by atoms with Crippen LogP contribution in [0, 0.1) is 19.8 Å². The van der Waals surface area contributed by atoms with Gasteiger partial charge in [-0.2, -0.15) is 0 Å². The van der Waals surface area contributed by atoms with Crippen molar-refractivity contribution >= 4 is 11.7 Å². The highest BCUT2D eigenvalue weighted by atomic mass is 16.3. The number of hydrogen-bond donors (Lipinski definition) is 2. The van der Waals surface area contributed by atoms with Crippen LogP contribution in [0.5, 0.6) is 0 Å². The molecule has 2 rings (SSSR count). The predicted octanol–water partition coefficient (Wildman–Crippen LogP) is 2.54. The van der Waals surface area contributed by atoms with Crippen LogP contribution in [0.15, 0.2) is 18.2 Å². The average Bonchev–Trinajstić information content (AvgIpc) is 2.42. The first-order chi connectivity index (χ1) is 9.10. The first kappa shape index (κ1) is 13.9. The summed E-state index contributed by atoms with van der Waals surface area (Å²) in [6, 6.07) is 5.93. The van der Waals surface area contributed by atoms with Crippen LogP contribution < -0.4 is 5.32 Å². The standard InChI is InChI=1S/C15H22N2O2/c1-11-5-6-14(12(2)8-11)16-15(19)17-7-3-4-13(9-17)10-18/h5-6,8,13,18H,3-4,7,9-10H2,1-2H3,(H,16,19). The van der Waals surface area contributed by atoms with Gasteiger partial charge in [0, 0.05) is 25.4 Å². The maximum Gasteiger partial charge on any atom is 0.321 e. The predicted molar refractivity (Wildman–Crippen MR) is 76.3 cm³/mol. The van der Waals surface area contributed by atoms with Gasteiger partial charge in [0.2, 0.25) is 0 Å². The molecule has 1 aromatic carbocycles. The van der Waals surface area contributed by atoms with Gasteiger partial charge in [-0.3, -0.25) is 0 Å². The van der Waals surface area contributed by atoms with E-state index < -0.39 is 0 Å². The molecule has 19 heavy (non-hydrogen) atoms. The highest BCUT2D eigenvalue weighted by molar-refractivity contribution is 5.90. The largest absolute Gasteiger partial charge is 0.396 e. The fourth-order valence-corrected chi connectivity index (χ4v) is 2.55. The molecule has 1 atom stereocenters. The molecule has 1 heterocycles. The zero-order valence-electron chi connectivity index (χ0n) is 11.6. The van der Waals surface area contributed by atoms with Crippen molar-refractivity contribution in [3.63, 3.8) is 0 Å². The third-order valence-corrected chi connectivity index (χ3v) is 3.69. The molecule has 1 fully saturated rings. The van der Waals surface area contributed by atoms with Gasteiger partial charge in [0.1, 0.15) is 0 Å². The fourth-order valence-electron chi connectivity index (χ4n) is 2.55. The molecular weight excluding hydrogens is 240 g/mol. The molecule has 0 aliphatic carbocycles. The third-order valence-electron chi connectivity index (χ3n) is 3.69. The Morgan fingerprint density at radius 1 is 1.47 bits per heavy atom. The Bertz CT molecular complexity index is 459. The number of carbonyl (C=O) groups excluding carboxylic acids is 1. The zero-order valence-corrected chi connectivity index (χ0v) is 11.6. The van der Waals surface area contributed by atoms with Crippen LogP contribution in [0.4, 0.5) is 10.5 Å². The number of likely N-dealkylation sites (tertiary alicyclic amines) is 1. The number of nitrogens with zero attached hydrogens (tertiary/aromatic N) is 1. The quantitative estimate of drug-likeness (QED) is 0.860. The SMILES string of the molecule is Cc1ccc(NC(=O)N2CCCC(CO)C2)c(C)c1. The molecule has 0 radical (unpaired) electrons. The van der Waals surface area contributed by atoms with E-state index in [1.807, 2.05) is 26.0 Å². The Hall–Kier alpha value is -1.55. The Balaban J connectivity index is 2.00. The summed E-state index contributed by atoms with van der Waals surface area (Å²) in [5.74, 6) is 0.221. The lowest BCUT2D eigenvalue weighted by atomic mass is 9.99. The number of urea groups is 1. The maximum atomic E-state index is 12.2. The molecule has 0 spiro atoms. The van der Waals surface area contributed by atoms with E-state index in [4.69, 9.17) is 0 Å². The second kappa shape index (κ2) is 6.06. The van der Waals surface area contributed by atoms with Crippen molar-refractivity contribution in [2.24, 2.45) is 5.92 Å². The number of aliphatic hydroxyl groups is 1. The summed E-state index contributed by atoms with van der Waals surface area (Å²) in [5, 5.41) is 12.2. The minimum absolute atomic E-state index is 0.0647. The average molecular weight is 262 g/mol. The summed E-state index contributed by atoms with van der Waals surface area (Å²) >= 11 is 0. The van der Waals surface area contributed by atoms with Crippen LogP contribution >= 0.6 is 0 Å². The second-order valence-electron chi connectivity index (χ2n) is 5.39. The smallest absolute Gasteiger partial charge is 0.321 e. The number of aliphatic hydroxyl groups excluding tert-OH is 1. The molecular formula is C15H22N2O2. The molecule has 1 aliphatic heterocycles. The number of carbonyl (C=O) groups is 1. The van der Waals surface area contributed by atoms with Crippen LogP contribution in [-0.4, -0.2) is 35.7 Å². The van der Waals surface area contributed by atoms with Crippen molar-refractivity contribution in [3.8, 4) is 0 Å². The van der Waals surface area contributed by atoms with Gasteiger partial charge >= 0.3 is 6.03 Å². The van der Waals surface area contributed by atoms with Gasteiger partial charge < -0.3 is 15.3 Å². The van der Waals surface area contributed by atoms with E-state index in [2.05, 4.69) is 11.4 Å². The van der Waals surface area contributed by atoms with E-state index in [-0.39, 0.29) is 18.6 Å². The lowest BCUT2D eigenvalue weighted by Gasteiger charge is -2.32. The monoisotopic (exact) mass is 262 g/mol. The van der Waals surface area contributed by atoms with Crippen molar-refractivity contribution in [2.75, 3.05) is 25.0 Å². The fraction of sp³-hybridized carbons (Fsp3) is 0.533. The Morgan fingerprint density at radius 3 is 2.95 bits per heavy atom. The number of hydrogen-bond acceptors (Lipinski definition) is 2. The van der Waals surface area contributed by atoms with Crippen molar-refractivity contribution in [2.45, 2.75) is 26.7 Å². The molecule has 0 aromatic heterocycles. The lowest BCUT2D eigenvalue weighted by molar-refractivity contribution is 0.136. The maximum absolute atomic E-state index is 12.2. The van der Waals surface area contributed by atoms with Crippen molar-refractivity contribution in [1.82, 2.24) is 4.90 Å². The number of aryl methyl sites for hydroxylation is 2. The van der Waals surface area contributed by atoms with Gasteiger partial charge in [-0.15, -0.1) is 0 Å². The van der Waals surface area contributed by atoms with Gasteiger partial charge in [0.05, 0.1) is 0 Å². The third kappa shape index (κ3) is 3.47. The first-order valence-electron chi connectivity index (χ1n) is 6.84.